The summed E-state index contributed by atoms with van der Waals surface area (Å²) in [4.78, 5) is 0. The van der Waals surface area contributed by atoms with E-state index >= 15 is 0 Å². The number of halogens is 1. The van der Waals surface area contributed by atoms with E-state index in [0.29, 0.717) is 132 Å². The van der Waals surface area contributed by atoms with Gasteiger partial charge in [0.1, 0.15) is 18.9 Å². The van der Waals surface area contributed by atoms with Gasteiger partial charge in [0, 0.05) is 0 Å². The monoisotopic (exact) mass is 782 g/mol. The first kappa shape index (κ1) is 51.9. The van der Waals surface area contributed by atoms with E-state index in [2.05, 4.69) is 52.3 Å². The molecular weight excluding hydrogens is 706 g/mol. The molecule has 0 aromatic heterocycles. The quantitative estimate of drug-likeness (QED) is 0.0722. The molecule has 0 amide bonds. The molecule has 0 unspecified atom stereocenters. The number of benzene rings is 1. The molecule has 0 saturated heterocycles. The lowest BCUT2D eigenvalue weighted by Gasteiger charge is -2.23. The first-order chi connectivity index (χ1) is 25.5. The maximum absolute atomic E-state index is 5.79. The van der Waals surface area contributed by atoms with E-state index in [1.54, 1.807) is 0 Å². The van der Waals surface area contributed by atoms with Crippen molar-refractivity contribution < 1.29 is 69.0 Å². The van der Waals surface area contributed by atoms with Crippen LogP contribution in [0.2, 0.25) is 0 Å². The topological polar surface area (TPSA) is 102 Å². The van der Waals surface area contributed by atoms with Crippen LogP contribution in [0.5, 0.6) is 5.75 Å². The summed E-state index contributed by atoms with van der Waals surface area (Å²) in [6.07, 6.45) is 10.5. The van der Waals surface area contributed by atoms with Gasteiger partial charge in [-0.25, -0.2) is 0 Å². The third kappa shape index (κ3) is 40.4. The maximum Gasteiger partial charge on any atom is 0.119 e. The van der Waals surface area contributed by atoms with Crippen molar-refractivity contribution in [3.05, 3.63) is 29.8 Å². The number of likely N-dealkylation sites (N-methyl/N-ethyl adjacent to an activating group) is 1. The van der Waals surface area contributed by atoms with Crippen LogP contribution < -0.4 is 17.1 Å². The summed E-state index contributed by atoms with van der Waals surface area (Å²) in [5.41, 5.74) is 1.38. The molecule has 0 aliphatic carbocycles. The Labute approximate surface area is 328 Å². The third-order valence-corrected chi connectivity index (χ3v) is 7.74. The van der Waals surface area contributed by atoms with Crippen LogP contribution >= 0.6 is 0 Å². The SMILES string of the molecule is CCCCCCCCCc1ccc(OCCOCCOCCOCCOCCOCCOCCOCCOCCOCCOCC[N+](C)(C)C)cc1.[Cl-]. The first-order valence-corrected chi connectivity index (χ1v) is 19.8. The van der Waals surface area contributed by atoms with Gasteiger partial charge in [-0.1, -0.05) is 57.6 Å². The molecule has 53 heavy (non-hydrogen) atoms. The Balaban J connectivity index is 0.0000270. The van der Waals surface area contributed by atoms with Crippen molar-refractivity contribution in [1.29, 1.82) is 0 Å². The van der Waals surface area contributed by atoms with Crippen LogP contribution in [0.1, 0.15) is 57.4 Å². The van der Waals surface area contributed by atoms with E-state index in [9.17, 15) is 0 Å². The van der Waals surface area contributed by atoms with Gasteiger partial charge in [-0.2, -0.15) is 0 Å². The first-order valence-electron chi connectivity index (χ1n) is 19.8. The second-order valence-electron chi connectivity index (χ2n) is 13.5. The van der Waals surface area contributed by atoms with Crippen LogP contribution in [0.15, 0.2) is 24.3 Å². The maximum atomic E-state index is 5.79. The van der Waals surface area contributed by atoms with Gasteiger partial charge in [-0.05, 0) is 30.5 Å². The van der Waals surface area contributed by atoms with Gasteiger partial charge in [-0.3, -0.25) is 0 Å². The van der Waals surface area contributed by atoms with Crippen molar-refractivity contribution in [1.82, 2.24) is 0 Å². The minimum Gasteiger partial charge on any atom is -1.00 e. The Bertz CT molecular complexity index is 849. The van der Waals surface area contributed by atoms with Crippen molar-refractivity contribution in [3.63, 3.8) is 0 Å². The fourth-order valence-electron chi connectivity index (χ4n) is 4.68. The van der Waals surface area contributed by atoms with E-state index in [-0.39, 0.29) is 12.4 Å². The van der Waals surface area contributed by atoms with Crippen molar-refractivity contribution in [2.45, 2.75) is 58.3 Å². The lowest BCUT2D eigenvalue weighted by Crippen LogP contribution is -3.00. The second-order valence-corrected chi connectivity index (χ2v) is 13.5. The fourth-order valence-corrected chi connectivity index (χ4v) is 4.68. The van der Waals surface area contributed by atoms with Crippen molar-refractivity contribution >= 4 is 0 Å². The number of aryl methyl sites for hydroxylation is 1. The van der Waals surface area contributed by atoms with E-state index in [1.807, 2.05) is 0 Å². The third-order valence-electron chi connectivity index (χ3n) is 7.74. The standard InChI is InChI=1S/C40H76NO11.ClH/c1-5-6-7-8-9-10-11-12-39-13-15-40(16-14-39)52-38-37-51-36-35-50-34-33-49-32-31-48-30-29-47-28-27-46-26-25-45-24-23-44-22-21-43-20-19-42-18-17-41(2,3)4;/h13-16H,5-12,17-38H2,1-4H3;1H/q+1;/p-1. The minimum absolute atomic E-state index is 0. The van der Waals surface area contributed by atoms with Crippen LogP contribution in [-0.2, 0) is 53.8 Å². The van der Waals surface area contributed by atoms with E-state index in [4.69, 9.17) is 52.1 Å². The largest absolute Gasteiger partial charge is 1.00 e. The zero-order chi connectivity index (χ0) is 37.5. The Kier molecular flexibility index (Phi) is 39.7. The molecule has 0 aliphatic heterocycles. The average molecular weight is 782 g/mol. The molecule has 0 fully saturated rings. The number of ether oxygens (including phenoxy) is 11. The number of nitrogens with zero attached hydrogens (tertiary/aromatic N) is 1. The van der Waals surface area contributed by atoms with E-state index < -0.39 is 0 Å². The van der Waals surface area contributed by atoms with Gasteiger partial charge in [0.05, 0.1) is 153 Å². The molecule has 0 radical (unpaired) electrons. The highest BCUT2D eigenvalue weighted by molar-refractivity contribution is 5.27. The molecule has 0 saturated carbocycles. The highest BCUT2D eigenvalue weighted by atomic mass is 35.5. The molecule has 13 heteroatoms. The Hall–Kier alpha value is -1.13. The zero-order valence-corrected chi connectivity index (χ0v) is 34.6. The average Bonchev–Trinajstić information content (AvgIpc) is 3.13. The molecule has 0 atom stereocenters. The van der Waals surface area contributed by atoms with Gasteiger partial charge >= 0.3 is 0 Å². The molecule has 1 aromatic rings. The van der Waals surface area contributed by atoms with E-state index in [1.165, 1.54) is 50.5 Å². The summed E-state index contributed by atoms with van der Waals surface area (Å²) >= 11 is 0. The fraction of sp³-hybridized carbons (Fsp3) is 0.850. The second kappa shape index (κ2) is 40.5. The minimum atomic E-state index is 0. The predicted molar refractivity (Wildman–Crippen MR) is 205 cm³/mol. The van der Waals surface area contributed by atoms with Crippen molar-refractivity contribution in [2.24, 2.45) is 0 Å². The molecule has 0 bridgehead atoms. The molecule has 0 heterocycles. The number of quaternary nitrogens is 1. The van der Waals surface area contributed by atoms with Crippen LogP contribution in [-0.4, -0.2) is 171 Å². The summed E-state index contributed by atoms with van der Waals surface area (Å²) in [5.74, 6) is 0.889. The van der Waals surface area contributed by atoms with Crippen LogP contribution in [0.4, 0.5) is 0 Å². The van der Waals surface area contributed by atoms with Gasteiger partial charge in [0.2, 0.25) is 0 Å². The highest BCUT2D eigenvalue weighted by Crippen LogP contribution is 2.15. The molecule has 0 spiro atoms. The molecular formula is C40H76ClNO11. The lowest BCUT2D eigenvalue weighted by molar-refractivity contribution is -0.870. The number of rotatable bonds is 42. The van der Waals surface area contributed by atoms with Crippen LogP contribution in [0, 0.1) is 0 Å². The Morgan fingerprint density at radius 2 is 0.679 bits per heavy atom. The molecule has 314 valence electrons. The number of unbranched alkanes of at least 4 members (excludes halogenated alkanes) is 6. The van der Waals surface area contributed by atoms with Gasteiger partial charge in [-0.15, -0.1) is 0 Å². The number of hydrogen-bond acceptors (Lipinski definition) is 11. The Morgan fingerprint density at radius 3 is 1.02 bits per heavy atom. The molecule has 0 aliphatic rings. The number of hydrogen-bond donors (Lipinski definition) is 0. The molecule has 12 nitrogen and oxygen atoms in total. The Morgan fingerprint density at radius 1 is 0.377 bits per heavy atom. The van der Waals surface area contributed by atoms with Crippen LogP contribution in [0.25, 0.3) is 0 Å². The van der Waals surface area contributed by atoms with Crippen molar-refractivity contribution in [3.8, 4) is 5.75 Å². The normalized spacial score (nSPS) is 11.6. The smallest absolute Gasteiger partial charge is 0.119 e. The van der Waals surface area contributed by atoms with E-state index in [0.717, 1.165) is 29.8 Å². The molecule has 1 aromatic carbocycles. The summed E-state index contributed by atoms with van der Waals surface area (Å²) in [5, 5.41) is 0. The highest BCUT2D eigenvalue weighted by Gasteiger charge is 2.05. The van der Waals surface area contributed by atoms with Crippen LogP contribution in [0.3, 0.4) is 0 Å². The lowest BCUT2D eigenvalue weighted by atomic mass is 10.0. The summed E-state index contributed by atoms with van der Waals surface area (Å²) < 4.78 is 61.9. The summed E-state index contributed by atoms with van der Waals surface area (Å²) in [6, 6.07) is 8.46. The zero-order valence-electron chi connectivity index (χ0n) is 33.8. The van der Waals surface area contributed by atoms with Crippen molar-refractivity contribution in [2.75, 3.05) is 166 Å². The predicted octanol–water partition coefficient (Wildman–Crippen LogP) is 2.23. The van der Waals surface area contributed by atoms with Gasteiger partial charge < -0.3 is 69.0 Å². The summed E-state index contributed by atoms with van der Waals surface area (Å²) in [6.45, 7) is 14.7. The molecule has 0 N–H and O–H groups in total. The van der Waals surface area contributed by atoms with Gasteiger partial charge in [0.25, 0.3) is 0 Å². The summed E-state index contributed by atoms with van der Waals surface area (Å²) in [7, 11) is 6.45. The van der Waals surface area contributed by atoms with Gasteiger partial charge in [0.15, 0.2) is 0 Å². The molecule has 1 rings (SSSR count).